The molecule has 7 heteroatoms. The lowest BCUT2D eigenvalue weighted by Crippen LogP contribution is -2.34. The van der Waals surface area contributed by atoms with Gasteiger partial charge in [-0.2, -0.15) is 13.2 Å². The van der Waals surface area contributed by atoms with Crippen molar-refractivity contribution in [1.29, 1.82) is 0 Å². The molecule has 35 heavy (non-hydrogen) atoms. The topological polar surface area (TPSA) is 47.6 Å². The van der Waals surface area contributed by atoms with Gasteiger partial charge in [-0.25, -0.2) is 4.79 Å². The summed E-state index contributed by atoms with van der Waals surface area (Å²) in [6, 6.07) is 20.4. The lowest BCUT2D eigenvalue weighted by molar-refractivity contribution is -0.137. The first kappa shape index (κ1) is 24.6. The third-order valence-corrected chi connectivity index (χ3v) is 5.68. The normalized spacial score (nSPS) is 17.5. The van der Waals surface area contributed by atoms with Crippen LogP contribution in [0.3, 0.4) is 0 Å². The number of carbonyl (C=O) groups is 1. The Morgan fingerprint density at radius 3 is 2.29 bits per heavy atom. The van der Waals surface area contributed by atoms with Gasteiger partial charge in [0.2, 0.25) is 0 Å². The highest BCUT2D eigenvalue weighted by Crippen LogP contribution is 2.44. The molecule has 1 amide bonds. The van der Waals surface area contributed by atoms with Crippen LogP contribution in [-0.4, -0.2) is 17.7 Å². The number of amides is 1. The summed E-state index contributed by atoms with van der Waals surface area (Å²) in [6.45, 7) is 5.75. The molecule has 0 bridgehead atoms. The van der Waals surface area contributed by atoms with Gasteiger partial charge in [-0.15, -0.1) is 0 Å². The second-order valence-electron chi connectivity index (χ2n) is 9.70. The van der Waals surface area contributed by atoms with Crippen LogP contribution < -0.4 is 10.1 Å². The number of carbonyl (C=O) groups excluding carboxylic acids is 1. The van der Waals surface area contributed by atoms with E-state index in [1.54, 1.807) is 0 Å². The molecule has 1 fully saturated rings. The second kappa shape index (κ2) is 9.64. The molecular formula is C28H28F3NO3. The summed E-state index contributed by atoms with van der Waals surface area (Å²) >= 11 is 0. The third-order valence-electron chi connectivity index (χ3n) is 5.68. The highest BCUT2D eigenvalue weighted by Gasteiger charge is 2.40. The van der Waals surface area contributed by atoms with E-state index in [1.165, 1.54) is 12.1 Å². The molecule has 0 aromatic heterocycles. The van der Waals surface area contributed by atoms with Crippen molar-refractivity contribution in [2.75, 3.05) is 0 Å². The Bertz CT molecular complexity index is 1170. The monoisotopic (exact) mass is 483 g/mol. The van der Waals surface area contributed by atoms with Crippen molar-refractivity contribution < 1.29 is 27.4 Å². The lowest BCUT2D eigenvalue weighted by Gasteiger charge is -2.19. The van der Waals surface area contributed by atoms with E-state index in [9.17, 15) is 18.0 Å². The van der Waals surface area contributed by atoms with Crippen molar-refractivity contribution >= 4 is 6.09 Å². The van der Waals surface area contributed by atoms with Gasteiger partial charge in [-0.3, -0.25) is 0 Å². The van der Waals surface area contributed by atoms with E-state index in [4.69, 9.17) is 9.47 Å². The number of nitrogens with one attached hydrogen (secondary N) is 1. The van der Waals surface area contributed by atoms with Crippen LogP contribution in [0.1, 0.15) is 49.8 Å². The van der Waals surface area contributed by atoms with Crippen molar-refractivity contribution in [2.24, 2.45) is 0 Å². The molecule has 4 nitrogen and oxygen atoms in total. The Morgan fingerprint density at radius 2 is 1.66 bits per heavy atom. The van der Waals surface area contributed by atoms with Crippen molar-refractivity contribution in [1.82, 2.24) is 5.32 Å². The number of halogens is 3. The van der Waals surface area contributed by atoms with Gasteiger partial charge in [0.25, 0.3) is 0 Å². The molecule has 184 valence electrons. The first-order valence-corrected chi connectivity index (χ1v) is 11.5. The van der Waals surface area contributed by atoms with Gasteiger partial charge in [0, 0.05) is 17.5 Å². The van der Waals surface area contributed by atoms with Crippen LogP contribution in [0.4, 0.5) is 18.0 Å². The maximum atomic E-state index is 13.1. The summed E-state index contributed by atoms with van der Waals surface area (Å²) in [7, 11) is 0. The molecule has 1 N–H and O–H groups in total. The van der Waals surface area contributed by atoms with Crippen LogP contribution in [0.5, 0.6) is 5.75 Å². The Balaban J connectivity index is 1.56. The van der Waals surface area contributed by atoms with E-state index < -0.39 is 23.4 Å². The van der Waals surface area contributed by atoms with Gasteiger partial charge in [-0.1, -0.05) is 48.5 Å². The van der Waals surface area contributed by atoms with Gasteiger partial charge < -0.3 is 14.8 Å². The van der Waals surface area contributed by atoms with Gasteiger partial charge in [0.1, 0.15) is 18.0 Å². The fourth-order valence-corrected chi connectivity index (χ4v) is 3.89. The predicted octanol–water partition coefficient (Wildman–Crippen LogP) is 7.33. The number of hydrogen-bond acceptors (Lipinski definition) is 3. The fraction of sp³-hybridized carbons (Fsp3) is 0.321. The van der Waals surface area contributed by atoms with Crippen LogP contribution >= 0.6 is 0 Å². The zero-order valence-electron chi connectivity index (χ0n) is 19.9. The standard InChI is InChI=1S/C28H28F3NO3/c1-27(2,3)35-26(33)32-24-16-22(24)20-11-14-25(34-17-18-7-5-4-6-8-18)23(15-20)19-9-12-21(13-10-19)28(29,30)31/h4-15,22,24H,16-17H2,1-3H3,(H,32,33)/t22-,24+/m0/s1. The van der Waals surface area contributed by atoms with E-state index in [0.717, 1.165) is 29.7 Å². The summed E-state index contributed by atoms with van der Waals surface area (Å²) in [4.78, 5) is 12.1. The number of benzene rings is 3. The molecule has 0 heterocycles. The minimum atomic E-state index is -4.40. The van der Waals surface area contributed by atoms with Crippen LogP contribution in [0.2, 0.25) is 0 Å². The first-order chi connectivity index (χ1) is 16.5. The van der Waals surface area contributed by atoms with Crippen molar-refractivity contribution in [2.45, 2.75) is 57.5 Å². The largest absolute Gasteiger partial charge is 0.488 e. The van der Waals surface area contributed by atoms with E-state index in [-0.39, 0.29) is 12.0 Å². The van der Waals surface area contributed by atoms with E-state index in [1.807, 2.05) is 69.3 Å². The Morgan fingerprint density at radius 1 is 0.971 bits per heavy atom. The summed E-state index contributed by atoms with van der Waals surface area (Å²) in [5.41, 5.74) is 2.01. The predicted molar refractivity (Wildman–Crippen MR) is 128 cm³/mol. The molecule has 0 radical (unpaired) electrons. The zero-order valence-corrected chi connectivity index (χ0v) is 19.9. The SMILES string of the molecule is CC(C)(C)OC(=O)N[C@@H]1C[C@H]1c1ccc(OCc2ccccc2)c(-c2ccc(C(F)(F)F)cc2)c1. The minimum absolute atomic E-state index is 0.0543. The molecule has 1 aliphatic carbocycles. The van der Waals surface area contributed by atoms with Gasteiger partial charge in [0.15, 0.2) is 0 Å². The molecule has 0 spiro atoms. The fourth-order valence-electron chi connectivity index (χ4n) is 3.89. The van der Waals surface area contributed by atoms with Gasteiger partial charge >= 0.3 is 12.3 Å². The van der Waals surface area contributed by atoms with E-state index in [0.29, 0.717) is 23.5 Å². The summed E-state index contributed by atoms with van der Waals surface area (Å²) in [5.74, 6) is 0.675. The van der Waals surface area contributed by atoms with E-state index >= 15 is 0 Å². The van der Waals surface area contributed by atoms with Gasteiger partial charge in [0.05, 0.1) is 5.56 Å². The second-order valence-corrected chi connectivity index (χ2v) is 9.70. The molecular weight excluding hydrogens is 455 g/mol. The summed E-state index contributed by atoms with van der Waals surface area (Å²) < 4.78 is 50.6. The van der Waals surface area contributed by atoms with Gasteiger partial charge in [-0.05, 0) is 68.1 Å². The molecule has 1 saturated carbocycles. The highest BCUT2D eigenvalue weighted by atomic mass is 19.4. The van der Waals surface area contributed by atoms with Crippen LogP contribution in [0.25, 0.3) is 11.1 Å². The molecule has 0 saturated heterocycles. The van der Waals surface area contributed by atoms with Crippen LogP contribution in [0, 0.1) is 0 Å². The number of alkyl carbamates (subject to hydrolysis) is 1. The molecule has 0 unspecified atom stereocenters. The lowest BCUT2D eigenvalue weighted by atomic mass is 9.98. The number of hydrogen-bond donors (Lipinski definition) is 1. The molecule has 1 aliphatic rings. The average Bonchev–Trinajstić information content (AvgIpc) is 3.55. The summed E-state index contributed by atoms with van der Waals surface area (Å²) in [5, 5.41) is 2.89. The van der Waals surface area contributed by atoms with Crippen molar-refractivity contribution in [3.63, 3.8) is 0 Å². The minimum Gasteiger partial charge on any atom is -0.488 e. The van der Waals surface area contributed by atoms with Crippen molar-refractivity contribution in [3.05, 3.63) is 89.5 Å². The van der Waals surface area contributed by atoms with Crippen LogP contribution in [-0.2, 0) is 17.5 Å². The zero-order chi connectivity index (χ0) is 25.2. The smallest absolute Gasteiger partial charge is 0.416 e. The Kier molecular flexibility index (Phi) is 6.79. The quantitative estimate of drug-likeness (QED) is 0.399. The maximum absolute atomic E-state index is 13.1. The van der Waals surface area contributed by atoms with Crippen LogP contribution in [0.15, 0.2) is 72.8 Å². The molecule has 0 aliphatic heterocycles. The highest BCUT2D eigenvalue weighted by molar-refractivity contribution is 5.72. The number of rotatable bonds is 6. The van der Waals surface area contributed by atoms with E-state index in [2.05, 4.69) is 5.32 Å². The van der Waals surface area contributed by atoms with Crippen molar-refractivity contribution in [3.8, 4) is 16.9 Å². The molecule has 2 atom stereocenters. The third kappa shape index (κ3) is 6.56. The number of alkyl halides is 3. The first-order valence-electron chi connectivity index (χ1n) is 11.5. The maximum Gasteiger partial charge on any atom is 0.416 e. The molecule has 3 aromatic rings. The average molecular weight is 484 g/mol. The molecule has 4 rings (SSSR count). The Labute approximate surface area is 203 Å². The molecule has 3 aromatic carbocycles. The Hall–Kier alpha value is -3.48. The summed E-state index contributed by atoms with van der Waals surface area (Å²) in [6.07, 6.45) is -4.10. The number of ether oxygens (including phenoxy) is 2.